The minimum absolute atomic E-state index is 0.228. The van der Waals surface area contributed by atoms with E-state index < -0.39 is 36.6 Å². The van der Waals surface area contributed by atoms with Gasteiger partial charge in [-0.15, -0.1) is 0 Å². The van der Waals surface area contributed by atoms with Gasteiger partial charge >= 0.3 is 5.97 Å². The monoisotopic (exact) mass is 603 g/mol. The van der Waals surface area contributed by atoms with Gasteiger partial charge in [0.25, 0.3) is 0 Å². The minimum Gasteiger partial charge on any atom is -0.481 e. The van der Waals surface area contributed by atoms with Gasteiger partial charge in [0.2, 0.25) is 0 Å². The highest BCUT2D eigenvalue weighted by atomic mass is 16.6. The van der Waals surface area contributed by atoms with Gasteiger partial charge in [0.15, 0.2) is 17.2 Å². The number of anilines is 1. The van der Waals surface area contributed by atoms with Crippen LogP contribution in [0.5, 0.6) is 0 Å². The lowest BCUT2D eigenvalue weighted by atomic mass is 9.95. The Labute approximate surface area is 255 Å². The topological polar surface area (TPSA) is 177 Å². The molecular weight excluding hydrogens is 550 g/mol. The zero-order valence-corrected chi connectivity index (χ0v) is 25.7. The second-order valence-electron chi connectivity index (χ2n) is 11.9. The molecule has 0 radical (unpaired) electrons. The molecule has 1 fully saturated rings. The first-order valence-corrected chi connectivity index (χ1v) is 16.4. The molecule has 0 unspecified atom stereocenters. The molecule has 11 nitrogen and oxygen atoms in total. The van der Waals surface area contributed by atoms with Crippen molar-refractivity contribution in [3.63, 3.8) is 0 Å². The van der Waals surface area contributed by atoms with Crippen LogP contribution in [-0.2, 0) is 15.3 Å². The Kier molecular flexibility index (Phi) is 15.4. The molecule has 4 atom stereocenters. The number of nitrogen functional groups attached to an aromatic ring is 1. The summed E-state index contributed by atoms with van der Waals surface area (Å²) < 4.78 is 7.74. The Hall–Kier alpha value is -2.60. The molecule has 1 aliphatic rings. The molecular formula is C32H53N5O6. The molecule has 11 heteroatoms. The second kappa shape index (κ2) is 18.9. The van der Waals surface area contributed by atoms with Crippen molar-refractivity contribution in [2.45, 2.75) is 146 Å². The Balaban J connectivity index is 1.25. The maximum Gasteiger partial charge on any atom is 0.303 e. The SMILES string of the molecule is Nc1ncnc2c1ncn2[C@]1(CCCCCCCC/C=C\CCCCCCCCCCCC(=O)O)O[C@H](CO)[C@@H](O)[C@H]1O. The first-order chi connectivity index (χ1) is 20.9. The fourth-order valence-corrected chi connectivity index (χ4v) is 6.03. The number of ether oxygens (including phenoxy) is 1. The summed E-state index contributed by atoms with van der Waals surface area (Å²) in [6.45, 7) is -0.405. The number of nitrogens with zero attached hydrogens (tertiary/aromatic N) is 4. The highest BCUT2D eigenvalue weighted by Gasteiger charge is 2.55. The quantitative estimate of drug-likeness (QED) is 0.0835. The molecule has 3 rings (SSSR count). The standard InChI is InChI=1S/C32H53N5O6/c33-30-27-31(35-23-34-30)37(24-36-27)32(29(42)28(41)25(22-38)43-32)21-19-17-15-13-11-9-7-5-3-1-2-4-6-8-10-12-14-16-18-20-26(39)40/h3,5,23-25,28-29,38,41-42H,1-2,4,6-22H2,(H,39,40)(H2,33,34,35)/b5-3-/t25-,28-,29-,32-/m1/s1. The number of allylic oxidation sites excluding steroid dienone is 2. The number of imidazole rings is 1. The van der Waals surface area contributed by atoms with Gasteiger partial charge in [-0.05, 0) is 44.9 Å². The molecule has 6 N–H and O–H groups in total. The van der Waals surface area contributed by atoms with Gasteiger partial charge in [-0.1, -0.05) is 82.8 Å². The third-order valence-electron chi connectivity index (χ3n) is 8.56. The lowest BCUT2D eigenvalue weighted by Gasteiger charge is -2.34. The second-order valence-corrected chi connectivity index (χ2v) is 11.9. The molecule has 0 aliphatic carbocycles. The van der Waals surface area contributed by atoms with Crippen LogP contribution in [0, 0.1) is 0 Å². The molecule has 0 amide bonds. The summed E-state index contributed by atoms with van der Waals surface area (Å²) in [4.78, 5) is 23.1. The zero-order chi connectivity index (χ0) is 30.9. The van der Waals surface area contributed by atoms with E-state index in [1.807, 2.05) is 0 Å². The highest BCUT2D eigenvalue weighted by Crippen LogP contribution is 2.41. The van der Waals surface area contributed by atoms with Gasteiger partial charge in [0, 0.05) is 6.42 Å². The third kappa shape index (κ3) is 10.5. The predicted octanol–water partition coefficient (Wildman–Crippen LogP) is 5.23. The summed E-state index contributed by atoms with van der Waals surface area (Å²) in [7, 11) is 0. The van der Waals surface area contributed by atoms with E-state index in [0.717, 1.165) is 57.8 Å². The van der Waals surface area contributed by atoms with E-state index in [1.165, 1.54) is 64.0 Å². The van der Waals surface area contributed by atoms with Crippen LogP contribution in [0.2, 0.25) is 0 Å². The molecule has 1 saturated heterocycles. The minimum atomic E-state index is -1.29. The summed E-state index contributed by atoms with van der Waals surface area (Å²) in [5.41, 5.74) is 5.48. The average molecular weight is 604 g/mol. The Morgan fingerprint density at radius 2 is 1.42 bits per heavy atom. The summed E-state index contributed by atoms with van der Waals surface area (Å²) in [5, 5.41) is 40.0. The summed E-state index contributed by atoms with van der Waals surface area (Å²) in [5.74, 6) is -0.457. The van der Waals surface area contributed by atoms with Crippen molar-refractivity contribution in [3.05, 3.63) is 24.8 Å². The molecule has 0 bridgehead atoms. The van der Waals surface area contributed by atoms with Crippen LogP contribution in [0.1, 0.15) is 122 Å². The number of carbonyl (C=O) groups is 1. The summed E-state index contributed by atoms with van der Waals surface area (Å²) in [6.07, 6.45) is 24.0. The number of rotatable bonds is 23. The first-order valence-electron chi connectivity index (χ1n) is 16.4. The van der Waals surface area contributed by atoms with Crippen LogP contribution < -0.4 is 5.73 Å². The zero-order valence-electron chi connectivity index (χ0n) is 25.7. The van der Waals surface area contributed by atoms with Gasteiger partial charge in [-0.25, -0.2) is 15.0 Å². The molecule has 3 heterocycles. The summed E-state index contributed by atoms with van der Waals surface area (Å²) >= 11 is 0. The van der Waals surface area contributed by atoms with Crippen LogP contribution in [0.25, 0.3) is 11.2 Å². The number of nitrogens with two attached hydrogens (primary N) is 1. The van der Waals surface area contributed by atoms with Crippen molar-refractivity contribution in [1.82, 2.24) is 19.5 Å². The molecule has 0 saturated carbocycles. The normalized spacial score (nSPS) is 22.3. The van der Waals surface area contributed by atoms with E-state index in [0.29, 0.717) is 24.0 Å². The Morgan fingerprint density at radius 3 is 1.98 bits per heavy atom. The smallest absolute Gasteiger partial charge is 0.303 e. The fourth-order valence-electron chi connectivity index (χ4n) is 6.03. The van der Waals surface area contributed by atoms with Gasteiger partial charge in [0.05, 0.1) is 12.9 Å². The van der Waals surface area contributed by atoms with Crippen molar-refractivity contribution in [2.24, 2.45) is 0 Å². The largest absolute Gasteiger partial charge is 0.481 e. The number of hydrogen-bond acceptors (Lipinski definition) is 9. The first kappa shape index (κ1) is 34.9. The van der Waals surface area contributed by atoms with Crippen LogP contribution in [0.4, 0.5) is 5.82 Å². The predicted molar refractivity (Wildman–Crippen MR) is 166 cm³/mol. The number of aliphatic hydroxyl groups is 3. The maximum absolute atomic E-state index is 11.1. The van der Waals surface area contributed by atoms with Gasteiger partial charge in [-0.2, -0.15) is 0 Å². The Morgan fingerprint density at radius 1 is 0.860 bits per heavy atom. The fraction of sp³-hybridized carbons (Fsp3) is 0.750. The van der Waals surface area contributed by atoms with Crippen molar-refractivity contribution >= 4 is 23.0 Å². The lowest BCUT2D eigenvalue weighted by molar-refractivity contribution is -0.151. The molecule has 1 aliphatic heterocycles. The van der Waals surface area contributed by atoms with Crippen LogP contribution in [0.3, 0.4) is 0 Å². The molecule has 2 aromatic rings. The molecule has 2 aromatic heterocycles. The van der Waals surface area contributed by atoms with Gasteiger partial charge < -0.3 is 30.9 Å². The van der Waals surface area contributed by atoms with Crippen LogP contribution in [-0.4, -0.2) is 70.8 Å². The van der Waals surface area contributed by atoms with Crippen LogP contribution >= 0.6 is 0 Å². The number of fused-ring (bicyclic) bond motifs is 1. The number of carboxylic acid groups (broad SMARTS) is 1. The number of carboxylic acids is 1. The highest BCUT2D eigenvalue weighted by molar-refractivity contribution is 5.81. The van der Waals surface area contributed by atoms with E-state index in [2.05, 4.69) is 27.1 Å². The number of aliphatic hydroxyl groups excluding tert-OH is 3. The summed E-state index contributed by atoms with van der Waals surface area (Å²) in [6, 6.07) is 0. The number of hydrogen-bond donors (Lipinski definition) is 5. The number of unbranched alkanes of at least 4 members (excludes halogenated alkanes) is 15. The van der Waals surface area contributed by atoms with Crippen molar-refractivity contribution in [2.75, 3.05) is 12.3 Å². The van der Waals surface area contributed by atoms with E-state index in [1.54, 1.807) is 4.57 Å². The van der Waals surface area contributed by atoms with E-state index >= 15 is 0 Å². The van der Waals surface area contributed by atoms with E-state index in [-0.39, 0.29) is 5.82 Å². The van der Waals surface area contributed by atoms with Gasteiger partial charge in [-0.3, -0.25) is 9.36 Å². The number of aromatic nitrogens is 4. The lowest BCUT2D eigenvalue weighted by Crippen LogP contribution is -2.45. The van der Waals surface area contributed by atoms with Crippen molar-refractivity contribution in [1.29, 1.82) is 0 Å². The van der Waals surface area contributed by atoms with E-state index in [9.17, 15) is 20.1 Å². The molecule has 242 valence electrons. The molecule has 0 aromatic carbocycles. The third-order valence-corrected chi connectivity index (χ3v) is 8.56. The maximum atomic E-state index is 11.1. The average Bonchev–Trinajstić information content (AvgIpc) is 3.54. The van der Waals surface area contributed by atoms with Crippen LogP contribution in [0.15, 0.2) is 24.8 Å². The number of aliphatic carboxylic acids is 1. The molecule has 43 heavy (non-hydrogen) atoms. The Bertz CT molecular complexity index is 1110. The van der Waals surface area contributed by atoms with Crippen molar-refractivity contribution in [3.8, 4) is 0 Å². The van der Waals surface area contributed by atoms with Gasteiger partial charge in [0.1, 0.15) is 30.2 Å². The van der Waals surface area contributed by atoms with E-state index in [4.69, 9.17) is 15.6 Å². The molecule has 0 spiro atoms. The van der Waals surface area contributed by atoms with Crippen molar-refractivity contribution < 1.29 is 30.0 Å².